The van der Waals surface area contributed by atoms with Crippen LogP contribution in [0.2, 0.25) is 0 Å². The van der Waals surface area contributed by atoms with Gasteiger partial charge in [0.2, 0.25) is 0 Å². The van der Waals surface area contributed by atoms with Crippen molar-refractivity contribution in [1.29, 1.82) is 0 Å². The molecule has 1 saturated heterocycles. The van der Waals surface area contributed by atoms with Crippen molar-refractivity contribution in [3.8, 4) is 23.3 Å². The smallest absolute Gasteiger partial charge is 0.416 e. The minimum absolute atomic E-state index is 0.188. The van der Waals surface area contributed by atoms with Gasteiger partial charge in [0, 0.05) is 47.7 Å². The van der Waals surface area contributed by atoms with Crippen LogP contribution >= 0.6 is 0 Å². The molecule has 2 saturated carbocycles. The highest BCUT2D eigenvalue weighted by molar-refractivity contribution is 5.94. The summed E-state index contributed by atoms with van der Waals surface area (Å²) < 4.78 is 45.3. The van der Waals surface area contributed by atoms with Crippen LogP contribution in [0.3, 0.4) is 0 Å². The highest BCUT2D eigenvalue weighted by atomic mass is 19.4. The molecule has 5 aliphatic rings. The van der Waals surface area contributed by atoms with E-state index in [0.717, 1.165) is 73.7 Å². The maximum absolute atomic E-state index is 13.2. The number of benzene rings is 2. The minimum atomic E-state index is -4.41. The summed E-state index contributed by atoms with van der Waals surface area (Å²) in [4.78, 5) is 17.6. The molecule has 3 aliphatic carbocycles. The number of hydrogen-bond acceptors (Lipinski definition) is 4. The van der Waals surface area contributed by atoms with E-state index in [0.29, 0.717) is 23.3 Å². The molecule has 3 fully saturated rings. The number of piperidine rings is 1. The van der Waals surface area contributed by atoms with Crippen molar-refractivity contribution in [3.63, 3.8) is 0 Å². The van der Waals surface area contributed by atoms with Crippen LogP contribution in [0.4, 0.5) is 13.2 Å². The lowest BCUT2D eigenvalue weighted by Gasteiger charge is -2.60. The number of alkyl halides is 3. The third-order valence-corrected chi connectivity index (χ3v) is 9.95. The van der Waals surface area contributed by atoms with Gasteiger partial charge in [0.1, 0.15) is 17.6 Å². The van der Waals surface area contributed by atoms with E-state index < -0.39 is 11.7 Å². The molecule has 7 rings (SSSR count). The molecule has 0 aromatic heterocycles. The van der Waals surface area contributed by atoms with E-state index in [-0.39, 0.29) is 23.5 Å². The van der Waals surface area contributed by atoms with Crippen molar-refractivity contribution in [2.24, 2.45) is 11.8 Å². The number of hydrogen-bond donors (Lipinski definition) is 1. The van der Waals surface area contributed by atoms with Crippen molar-refractivity contribution in [3.05, 3.63) is 58.7 Å². The number of likely N-dealkylation sites (N-methyl/N-ethyl adjacent to an activating group) is 1. The Kier molecular flexibility index (Phi) is 5.51. The molecular formula is C31H31F3N2O3. The fourth-order valence-corrected chi connectivity index (χ4v) is 7.97. The number of likely N-dealkylation sites (tertiary alicyclic amines) is 1. The van der Waals surface area contributed by atoms with E-state index >= 15 is 0 Å². The van der Waals surface area contributed by atoms with Gasteiger partial charge < -0.3 is 14.7 Å². The molecule has 39 heavy (non-hydrogen) atoms. The molecule has 1 N–H and O–H groups in total. The lowest BCUT2D eigenvalue weighted by molar-refractivity contribution is -0.137. The van der Waals surface area contributed by atoms with E-state index in [1.807, 2.05) is 6.07 Å². The van der Waals surface area contributed by atoms with E-state index in [4.69, 9.17) is 4.74 Å². The molecule has 0 radical (unpaired) electrons. The summed E-state index contributed by atoms with van der Waals surface area (Å²) in [7, 11) is 1.75. The van der Waals surface area contributed by atoms with Gasteiger partial charge in [0.25, 0.3) is 5.91 Å². The SMILES string of the molecule is CN(C(=O)C#Cc1ccc(C(F)(F)F)cc1)[C@H]1CC[C@H]2[C@H]3Cc4c(O)ccc5c4[C@@]2(CCN3CC2CC2)[C@H]1O5. The van der Waals surface area contributed by atoms with Gasteiger partial charge >= 0.3 is 6.18 Å². The summed E-state index contributed by atoms with van der Waals surface area (Å²) in [6, 6.07) is 8.31. The third kappa shape index (κ3) is 3.84. The number of halogens is 3. The average molecular weight is 537 g/mol. The Morgan fingerprint density at radius 3 is 2.64 bits per heavy atom. The monoisotopic (exact) mass is 536 g/mol. The molecule has 2 bridgehead atoms. The Bertz CT molecular complexity index is 1390. The van der Waals surface area contributed by atoms with Crippen LogP contribution in [-0.2, 0) is 22.8 Å². The van der Waals surface area contributed by atoms with Crippen molar-refractivity contribution >= 4 is 5.91 Å². The standard InChI is InChI=1S/C31H31F3N2O3/c1-35(27(38)13-6-18-4-7-20(8-5-18)31(32,33)34)23-10-9-22-24-16-21-25(37)11-12-26-28(21)30(22,29(23)39-26)14-15-36(24)17-19-2-3-19/h4-5,7-8,11-12,19,22-24,29,37H,2-3,9-10,14-17H2,1H3/t22-,23-,24+,29-,30-/m0/s1. The number of carbonyl (C=O) groups is 1. The summed E-state index contributed by atoms with van der Waals surface area (Å²) in [5.74, 6) is 7.36. The zero-order valence-corrected chi connectivity index (χ0v) is 21.8. The maximum Gasteiger partial charge on any atom is 0.416 e. The molecule has 2 aromatic carbocycles. The van der Waals surface area contributed by atoms with Crippen LogP contribution in [0.25, 0.3) is 0 Å². The second kappa shape index (κ2) is 8.66. The van der Waals surface area contributed by atoms with Crippen molar-refractivity contribution in [1.82, 2.24) is 9.80 Å². The van der Waals surface area contributed by atoms with Crippen molar-refractivity contribution in [2.75, 3.05) is 20.1 Å². The van der Waals surface area contributed by atoms with Gasteiger partial charge in [0.05, 0.1) is 11.6 Å². The average Bonchev–Trinajstić information content (AvgIpc) is 3.67. The van der Waals surface area contributed by atoms with Gasteiger partial charge in [-0.2, -0.15) is 13.2 Å². The largest absolute Gasteiger partial charge is 0.508 e. The summed E-state index contributed by atoms with van der Waals surface area (Å²) in [6.07, 6.45) is 1.51. The number of carbonyl (C=O) groups excluding carboxylic acids is 1. The molecule has 2 aromatic rings. The first kappa shape index (κ1) is 24.8. The van der Waals surface area contributed by atoms with E-state index in [9.17, 15) is 23.1 Å². The summed E-state index contributed by atoms with van der Waals surface area (Å²) >= 11 is 0. The number of phenols is 1. The molecule has 5 nitrogen and oxygen atoms in total. The zero-order valence-electron chi connectivity index (χ0n) is 21.8. The molecule has 5 atom stereocenters. The quantitative estimate of drug-likeness (QED) is 0.576. The van der Waals surface area contributed by atoms with Crippen LogP contribution in [0, 0.1) is 23.7 Å². The highest BCUT2D eigenvalue weighted by Crippen LogP contribution is 2.63. The molecule has 8 heteroatoms. The fraction of sp³-hybridized carbons (Fsp3) is 0.516. The normalized spacial score (nSPS) is 30.6. The molecule has 2 heterocycles. The van der Waals surface area contributed by atoms with Crippen LogP contribution < -0.4 is 4.74 Å². The lowest BCUT2D eigenvalue weighted by atomic mass is 9.51. The van der Waals surface area contributed by atoms with Crippen LogP contribution in [-0.4, -0.2) is 59.1 Å². The number of aromatic hydroxyl groups is 1. The first-order valence-corrected chi connectivity index (χ1v) is 13.9. The van der Waals surface area contributed by atoms with E-state index in [2.05, 4.69) is 16.7 Å². The number of nitrogens with zero attached hydrogens (tertiary/aromatic N) is 2. The Morgan fingerprint density at radius 2 is 1.92 bits per heavy atom. The first-order valence-electron chi connectivity index (χ1n) is 13.9. The molecule has 0 unspecified atom stereocenters. The van der Waals surface area contributed by atoms with Gasteiger partial charge in [-0.25, -0.2) is 0 Å². The number of ether oxygens (including phenoxy) is 1. The second-order valence-corrected chi connectivity index (χ2v) is 12.0. The van der Waals surface area contributed by atoms with Gasteiger partial charge in [-0.05, 0) is 93.3 Å². The Balaban J connectivity index is 1.18. The Hall–Kier alpha value is -3.18. The topological polar surface area (TPSA) is 53.0 Å². The number of rotatable bonds is 3. The van der Waals surface area contributed by atoms with Crippen LogP contribution in [0.15, 0.2) is 36.4 Å². The number of phenolic OH excluding ortho intramolecular Hbond substituents is 1. The number of amides is 1. The predicted molar refractivity (Wildman–Crippen MR) is 138 cm³/mol. The first-order chi connectivity index (χ1) is 18.7. The van der Waals surface area contributed by atoms with Crippen molar-refractivity contribution < 1.29 is 27.8 Å². The molecule has 1 spiro atoms. The predicted octanol–water partition coefficient (Wildman–Crippen LogP) is 4.74. The summed E-state index contributed by atoms with van der Waals surface area (Å²) in [5.41, 5.74) is 1.53. The summed E-state index contributed by atoms with van der Waals surface area (Å²) in [5, 5.41) is 10.9. The molecular weight excluding hydrogens is 505 g/mol. The lowest BCUT2D eigenvalue weighted by Crippen LogP contribution is -2.69. The van der Waals surface area contributed by atoms with Gasteiger partial charge in [-0.3, -0.25) is 9.69 Å². The Labute approximate surface area is 225 Å². The Morgan fingerprint density at radius 1 is 1.15 bits per heavy atom. The van der Waals surface area contributed by atoms with Gasteiger partial charge in [0.15, 0.2) is 0 Å². The van der Waals surface area contributed by atoms with E-state index in [1.165, 1.54) is 25.0 Å². The van der Waals surface area contributed by atoms with Crippen molar-refractivity contribution in [2.45, 2.75) is 68.3 Å². The maximum atomic E-state index is 13.2. The van der Waals surface area contributed by atoms with Gasteiger partial charge in [-0.1, -0.05) is 5.92 Å². The minimum Gasteiger partial charge on any atom is -0.508 e. The molecule has 1 amide bonds. The highest BCUT2D eigenvalue weighted by Gasteiger charge is 2.66. The zero-order chi connectivity index (χ0) is 27.1. The second-order valence-electron chi connectivity index (χ2n) is 12.0. The van der Waals surface area contributed by atoms with E-state index in [1.54, 1.807) is 18.0 Å². The third-order valence-electron chi connectivity index (χ3n) is 9.95. The molecule has 204 valence electrons. The molecule has 2 aliphatic heterocycles. The fourth-order valence-electron chi connectivity index (χ4n) is 7.97. The van der Waals surface area contributed by atoms with Gasteiger partial charge in [-0.15, -0.1) is 0 Å². The van der Waals surface area contributed by atoms with Crippen LogP contribution in [0.5, 0.6) is 11.5 Å². The van der Waals surface area contributed by atoms with Crippen LogP contribution in [0.1, 0.15) is 54.4 Å². The summed E-state index contributed by atoms with van der Waals surface area (Å²) in [6.45, 7) is 2.12.